The third kappa shape index (κ3) is 5.53. The Hall–Kier alpha value is -2.77. The van der Waals surface area contributed by atoms with Crippen LogP contribution < -0.4 is 9.64 Å². The Balaban J connectivity index is 1.63. The van der Waals surface area contributed by atoms with Crippen molar-refractivity contribution < 1.29 is 23.9 Å². The molecular formula is C24H35N3O5. The Morgan fingerprint density at radius 2 is 1.75 bits per heavy atom. The zero-order valence-electron chi connectivity index (χ0n) is 20.1. The van der Waals surface area contributed by atoms with Gasteiger partial charge in [0.15, 0.2) is 5.60 Å². The maximum absolute atomic E-state index is 13.0. The van der Waals surface area contributed by atoms with Gasteiger partial charge in [-0.2, -0.15) is 0 Å². The number of rotatable bonds is 3. The number of anilines is 1. The first-order valence-electron chi connectivity index (χ1n) is 11.2. The van der Waals surface area contributed by atoms with Crippen molar-refractivity contribution in [1.82, 2.24) is 9.80 Å². The standard InChI is InChI=1S/C24H35N3O5/c1-17-8-9-19-18(16-17)27(21(29)24(5,6)31-19)13-10-20(28)25-11-7-12-26(15-14-25)22(30)32-23(2,3)4/h8-9,16H,7,10-15H2,1-6H3. The van der Waals surface area contributed by atoms with Crippen LogP contribution in [0.4, 0.5) is 10.5 Å². The molecule has 0 aromatic heterocycles. The second-order valence-corrected chi connectivity index (χ2v) is 9.99. The third-order valence-electron chi connectivity index (χ3n) is 5.58. The molecule has 1 fully saturated rings. The van der Waals surface area contributed by atoms with Gasteiger partial charge in [-0.25, -0.2) is 4.79 Å². The summed E-state index contributed by atoms with van der Waals surface area (Å²) < 4.78 is 11.3. The Bertz CT molecular complexity index is 890. The second-order valence-electron chi connectivity index (χ2n) is 9.99. The van der Waals surface area contributed by atoms with E-state index in [0.717, 1.165) is 5.56 Å². The molecule has 3 rings (SSSR count). The van der Waals surface area contributed by atoms with Crippen LogP contribution in [0.1, 0.15) is 53.0 Å². The van der Waals surface area contributed by atoms with E-state index in [1.165, 1.54) is 0 Å². The molecule has 2 aliphatic heterocycles. The number of hydrogen-bond donors (Lipinski definition) is 0. The quantitative estimate of drug-likeness (QED) is 0.713. The molecule has 1 aromatic carbocycles. The van der Waals surface area contributed by atoms with Crippen molar-refractivity contribution in [1.29, 1.82) is 0 Å². The van der Waals surface area contributed by atoms with E-state index >= 15 is 0 Å². The predicted molar refractivity (Wildman–Crippen MR) is 122 cm³/mol. The summed E-state index contributed by atoms with van der Waals surface area (Å²) in [5.41, 5.74) is 0.188. The van der Waals surface area contributed by atoms with Crippen molar-refractivity contribution in [2.75, 3.05) is 37.6 Å². The molecule has 0 atom stereocenters. The van der Waals surface area contributed by atoms with Crippen molar-refractivity contribution in [3.63, 3.8) is 0 Å². The molecule has 0 radical (unpaired) electrons. The highest BCUT2D eigenvalue weighted by Crippen LogP contribution is 2.38. The van der Waals surface area contributed by atoms with Crippen LogP contribution in [-0.4, -0.2) is 71.6 Å². The minimum atomic E-state index is -0.984. The lowest BCUT2D eigenvalue weighted by Gasteiger charge is -2.39. The lowest BCUT2D eigenvalue weighted by Crippen LogP contribution is -2.53. The van der Waals surface area contributed by atoms with Crippen molar-refractivity contribution in [3.05, 3.63) is 23.8 Å². The number of carbonyl (C=O) groups excluding carboxylic acids is 3. The molecule has 0 bridgehead atoms. The van der Waals surface area contributed by atoms with Crippen molar-refractivity contribution in [2.45, 2.75) is 65.6 Å². The number of benzene rings is 1. The molecule has 1 aromatic rings. The zero-order chi connectivity index (χ0) is 23.7. The fraction of sp³-hybridized carbons (Fsp3) is 0.625. The molecule has 0 N–H and O–H groups in total. The molecule has 176 valence electrons. The first kappa shape index (κ1) is 23.9. The second kappa shape index (κ2) is 9.00. The summed E-state index contributed by atoms with van der Waals surface area (Å²) in [5.74, 6) is 0.466. The minimum absolute atomic E-state index is 0.0256. The van der Waals surface area contributed by atoms with Crippen LogP contribution >= 0.6 is 0 Å². The Kier molecular flexibility index (Phi) is 6.72. The highest BCUT2D eigenvalue weighted by molar-refractivity contribution is 6.02. The molecule has 0 aliphatic carbocycles. The molecule has 8 nitrogen and oxygen atoms in total. The van der Waals surface area contributed by atoms with E-state index in [9.17, 15) is 14.4 Å². The van der Waals surface area contributed by atoms with Gasteiger partial charge >= 0.3 is 6.09 Å². The Labute approximate surface area is 190 Å². The molecule has 1 saturated heterocycles. The highest BCUT2D eigenvalue weighted by atomic mass is 16.6. The number of fused-ring (bicyclic) bond motifs is 1. The van der Waals surface area contributed by atoms with Crippen molar-refractivity contribution in [3.8, 4) is 5.75 Å². The van der Waals surface area contributed by atoms with Crippen LogP contribution in [0.3, 0.4) is 0 Å². The monoisotopic (exact) mass is 445 g/mol. The summed E-state index contributed by atoms with van der Waals surface area (Å²) in [5, 5.41) is 0. The maximum atomic E-state index is 13.0. The van der Waals surface area contributed by atoms with Gasteiger partial charge in [0.25, 0.3) is 5.91 Å². The lowest BCUT2D eigenvalue weighted by atomic mass is 10.0. The first-order valence-corrected chi connectivity index (χ1v) is 11.2. The summed E-state index contributed by atoms with van der Waals surface area (Å²) in [6.07, 6.45) is 0.554. The van der Waals surface area contributed by atoms with E-state index in [-0.39, 0.29) is 30.9 Å². The number of nitrogens with zero attached hydrogens (tertiary/aromatic N) is 3. The SMILES string of the molecule is Cc1ccc2c(c1)N(CCC(=O)N1CCCN(C(=O)OC(C)(C)C)CC1)C(=O)C(C)(C)O2. The molecule has 0 spiro atoms. The summed E-state index contributed by atoms with van der Waals surface area (Å²) in [6, 6.07) is 5.73. The average Bonchev–Trinajstić information content (AvgIpc) is 2.94. The van der Waals surface area contributed by atoms with Crippen LogP contribution in [0.5, 0.6) is 5.75 Å². The van der Waals surface area contributed by atoms with Gasteiger partial charge in [-0.15, -0.1) is 0 Å². The van der Waals surface area contributed by atoms with Crippen LogP contribution in [0.25, 0.3) is 0 Å². The van der Waals surface area contributed by atoms with Gasteiger partial charge < -0.3 is 24.2 Å². The fourth-order valence-corrected chi connectivity index (χ4v) is 3.94. The minimum Gasteiger partial charge on any atom is -0.476 e. The third-order valence-corrected chi connectivity index (χ3v) is 5.58. The van der Waals surface area contributed by atoms with Gasteiger partial charge in [-0.3, -0.25) is 9.59 Å². The molecule has 0 saturated carbocycles. The van der Waals surface area contributed by atoms with Gasteiger partial charge in [0, 0.05) is 39.1 Å². The topological polar surface area (TPSA) is 79.4 Å². The molecule has 2 heterocycles. The van der Waals surface area contributed by atoms with Gasteiger partial charge in [0.05, 0.1) is 5.69 Å². The van der Waals surface area contributed by atoms with Gasteiger partial charge in [-0.1, -0.05) is 6.07 Å². The number of ether oxygens (including phenoxy) is 2. The number of aryl methyl sites for hydroxylation is 1. The Morgan fingerprint density at radius 1 is 1.09 bits per heavy atom. The van der Waals surface area contributed by atoms with Crippen LogP contribution in [0.2, 0.25) is 0 Å². The zero-order valence-corrected chi connectivity index (χ0v) is 20.1. The van der Waals surface area contributed by atoms with Crippen molar-refractivity contribution >= 4 is 23.6 Å². The van der Waals surface area contributed by atoms with Gasteiger partial charge in [0.2, 0.25) is 5.91 Å². The summed E-state index contributed by atoms with van der Waals surface area (Å²) in [4.78, 5) is 43.4. The first-order chi connectivity index (χ1) is 14.9. The molecular weight excluding hydrogens is 410 g/mol. The lowest BCUT2D eigenvalue weighted by molar-refractivity contribution is -0.133. The number of amides is 3. The maximum Gasteiger partial charge on any atom is 0.410 e. The van der Waals surface area contributed by atoms with E-state index in [4.69, 9.17) is 9.47 Å². The van der Waals surface area contributed by atoms with Crippen LogP contribution in [-0.2, 0) is 14.3 Å². The fourth-order valence-electron chi connectivity index (χ4n) is 3.94. The van der Waals surface area contributed by atoms with Gasteiger partial charge in [0.1, 0.15) is 11.4 Å². The van der Waals surface area contributed by atoms with Gasteiger partial charge in [-0.05, 0) is 65.7 Å². The smallest absolute Gasteiger partial charge is 0.410 e. The van der Waals surface area contributed by atoms with E-state index in [2.05, 4.69) is 0 Å². The normalized spacial score (nSPS) is 18.6. The number of hydrogen-bond acceptors (Lipinski definition) is 5. The largest absolute Gasteiger partial charge is 0.476 e. The van der Waals surface area contributed by atoms with Crippen molar-refractivity contribution in [2.24, 2.45) is 0 Å². The summed E-state index contributed by atoms with van der Waals surface area (Å²) in [7, 11) is 0. The molecule has 3 amide bonds. The summed E-state index contributed by atoms with van der Waals surface area (Å²) in [6.45, 7) is 13.3. The number of carbonyl (C=O) groups is 3. The molecule has 32 heavy (non-hydrogen) atoms. The van der Waals surface area contributed by atoms with E-state index in [1.54, 1.807) is 28.5 Å². The predicted octanol–water partition coefficient (Wildman–Crippen LogP) is 3.36. The highest BCUT2D eigenvalue weighted by Gasteiger charge is 2.41. The average molecular weight is 446 g/mol. The Morgan fingerprint density at radius 3 is 2.44 bits per heavy atom. The summed E-state index contributed by atoms with van der Waals surface area (Å²) >= 11 is 0. The molecule has 8 heteroatoms. The van der Waals surface area contributed by atoms with E-state index in [0.29, 0.717) is 44.0 Å². The van der Waals surface area contributed by atoms with E-state index in [1.807, 2.05) is 45.9 Å². The van der Waals surface area contributed by atoms with Crippen LogP contribution in [0.15, 0.2) is 18.2 Å². The molecule has 2 aliphatic rings. The van der Waals surface area contributed by atoms with E-state index < -0.39 is 11.2 Å². The van der Waals surface area contributed by atoms with Crippen LogP contribution in [0, 0.1) is 6.92 Å². The molecule has 0 unspecified atom stereocenters.